The minimum absolute atomic E-state index is 0.198. The summed E-state index contributed by atoms with van der Waals surface area (Å²) in [5.41, 5.74) is 7.31. The molecule has 94 valence electrons. The summed E-state index contributed by atoms with van der Waals surface area (Å²) in [5, 5.41) is 4.60. The molecule has 0 bridgehead atoms. The summed E-state index contributed by atoms with van der Waals surface area (Å²) in [4.78, 5) is 4.63. The van der Waals surface area contributed by atoms with Crippen molar-refractivity contribution >= 4 is 0 Å². The van der Waals surface area contributed by atoms with Crippen LogP contribution >= 0.6 is 0 Å². The van der Waals surface area contributed by atoms with Gasteiger partial charge in [-0.3, -0.25) is 0 Å². The quantitative estimate of drug-likeness (QED) is 0.872. The summed E-state index contributed by atoms with van der Waals surface area (Å²) in [6.07, 6.45) is 2.74. The van der Waals surface area contributed by atoms with Crippen molar-refractivity contribution in [1.82, 2.24) is 14.8 Å². The lowest BCUT2D eigenvalue weighted by Gasteiger charge is -2.25. The van der Waals surface area contributed by atoms with Crippen LogP contribution in [-0.2, 0) is 12.8 Å². The Labute approximate surface area is 107 Å². The van der Waals surface area contributed by atoms with Crippen LogP contribution in [0.5, 0.6) is 0 Å². The molecule has 0 fully saturated rings. The Balaban J connectivity index is 1.85. The lowest BCUT2D eigenvalue weighted by Crippen LogP contribution is -2.36. The van der Waals surface area contributed by atoms with Crippen LogP contribution in [0.4, 0.5) is 0 Å². The van der Waals surface area contributed by atoms with E-state index in [9.17, 15) is 0 Å². The molecule has 3 rings (SSSR count). The Kier molecular flexibility index (Phi) is 2.88. The van der Waals surface area contributed by atoms with Gasteiger partial charge in [0.1, 0.15) is 5.82 Å². The lowest BCUT2D eigenvalue weighted by atomic mass is 10.0. The Morgan fingerprint density at radius 3 is 2.89 bits per heavy atom. The molecule has 0 saturated carbocycles. The maximum atomic E-state index is 6.07. The molecule has 2 atom stereocenters. The number of nitrogens with two attached hydrogens (primary N) is 1. The normalized spacial score (nSPS) is 22.8. The monoisotopic (exact) mass is 242 g/mol. The molecular weight excluding hydrogens is 224 g/mol. The van der Waals surface area contributed by atoms with Gasteiger partial charge >= 0.3 is 0 Å². The van der Waals surface area contributed by atoms with Crippen LogP contribution in [0.25, 0.3) is 0 Å². The zero-order valence-corrected chi connectivity index (χ0v) is 10.6. The molecule has 0 saturated heterocycles. The van der Waals surface area contributed by atoms with Gasteiger partial charge in [-0.25, -0.2) is 9.67 Å². The molecule has 0 radical (unpaired) electrons. The van der Waals surface area contributed by atoms with Crippen molar-refractivity contribution in [2.24, 2.45) is 5.73 Å². The zero-order chi connectivity index (χ0) is 12.5. The average molecular weight is 242 g/mol. The molecule has 0 amide bonds. The van der Waals surface area contributed by atoms with Gasteiger partial charge in [0.25, 0.3) is 0 Å². The van der Waals surface area contributed by atoms with Gasteiger partial charge in [0.05, 0.1) is 6.04 Å². The van der Waals surface area contributed by atoms with E-state index in [0.29, 0.717) is 0 Å². The molecule has 2 heterocycles. The second-order valence-electron chi connectivity index (χ2n) is 4.99. The van der Waals surface area contributed by atoms with E-state index in [2.05, 4.69) is 29.1 Å². The van der Waals surface area contributed by atoms with Crippen LogP contribution in [0.2, 0.25) is 0 Å². The first kappa shape index (κ1) is 11.4. The molecule has 1 aromatic carbocycles. The molecule has 18 heavy (non-hydrogen) atoms. The Bertz CT molecular complexity index is 532. The molecule has 1 aliphatic heterocycles. The predicted octanol–water partition coefficient (Wildman–Crippen LogP) is 1.70. The number of benzene rings is 1. The van der Waals surface area contributed by atoms with Crippen molar-refractivity contribution in [2.75, 3.05) is 0 Å². The fourth-order valence-corrected chi connectivity index (χ4v) is 2.47. The molecule has 4 heteroatoms. The van der Waals surface area contributed by atoms with Crippen LogP contribution in [-0.4, -0.2) is 20.8 Å². The molecule has 2 unspecified atom stereocenters. The topological polar surface area (TPSA) is 56.7 Å². The highest BCUT2D eigenvalue weighted by atomic mass is 15.4. The second kappa shape index (κ2) is 4.53. The highest BCUT2D eigenvalue weighted by Gasteiger charge is 2.25. The third-order valence-electron chi connectivity index (χ3n) is 3.66. The summed E-state index contributed by atoms with van der Waals surface area (Å²) in [6.45, 7) is 2.12. The van der Waals surface area contributed by atoms with Gasteiger partial charge in [0, 0.05) is 18.9 Å². The van der Waals surface area contributed by atoms with Gasteiger partial charge in [-0.15, -0.1) is 0 Å². The van der Waals surface area contributed by atoms with E-state index in [1.54, 1.807) is 0 Å². The summed E-state index contributed by atoms with van der Waals surface area (Å²) in [5.74, 6) is 1.98. The molecule has 1 aromatic heterocycles. The van der Waals surface area contributed by atoms with Crippen molar-refractivity contribution in [3.63, 3.8) is 0 Å². The number of hydrogen-bond acceptors (Lipinski definition) is 3. The molecule has 1 aliphatic rings. The molecule has 2 aromatic rings. The second-order valence-corrected chi connectivity index (χ2v) is 4.99. The number of hydrogen-bond donors (Lipinski definition) is 1. The van der Waals surface area contributed by atoms with Crippen LogP contribution in [0.3, 0.4) is 0 Å². The fraction of sp³-hybridized carbons (Fsp3) is 0.429. The first-order chi connectivity index (χ1) is 8.74. The van der Waals surface area contributed by atoms with Crippen LogP contribution in [0.15, 0.2) is 30.3 Å². The van der Waals surface area contributed by atoms with Gasteiger partial charge < -0.3 is 5.73 Å². The van der Waals surface area contributed by atoms with E-state index >= 15 is 0 Å². The number of nitrogens with zero attached hydrogens (tertiary/aromatic N) is 3. The van der Waals surface area contributed by atoms with Crippen molar-refractivity contribution in [2.45, 2.75) is 38.3 Å². The largest absolute Gasteiger partial charge is 0.326 e. The summed E-state index contributed by atoms with van der Waals surface area (Å²) >= 11 is 0. The van der Waals surface area contributed by atoms with Crippen molar-refractivity contribution in [3.05, 3.63) is 47.5 Å². The first-order valence-corrected chi connectivity index (χ1v) is 6.48. The molecule has 2 N–H and O–H groups in total. The Morgan fingerprint density at radius 2 is 2.11 bits per heavy atom. The standard InChI is InChI=1S/C14H18N4/c1-10-12(15)7-8-14-16-13(17-18(10)14)9-11-5-3-2-4-6-11/h2-6,10,12H,7-9,15H2,1H3. The number of aryl methyl sites for hydroxylation is 1. The Hall–Kier alpha value is -1.68. The summed E-state index contributed by atoms with van der Waals surface area (Å²) in [6, 6.07) is 10.8. The maximum Gasteiger partial charge on any atom is 0.155 e. The first-order valence-electron chi connectivity index (χ1n) is 6.48. The highest BCUT2D eigenvalue weighted by Crippen LogP contribution is 2.22. The average Bonchev–Trinajstić information content (AvgIpc) is 2.79. The van der Waals surface area contributed by atoms with E-state index in [0.717, 1.165) is 30.9 Å². The SMILES string of the molecule is CC1C(N)CCc2nc(Cc3ccccc3)nn21. The van der Waals surface area contributed by atoms with Gasteiger partial charge in [0.15, 0.2) is 5.82 Å². The van der Waals surface area contributed by atoms with E-state index < -0.39 is 0 Å². The third kappa shape index (κ3) is 2.04. The van der Waals surface area contributed by atoms with Crippen molar-refractivity contribution in [3.8, 4) is 0 Å². The number of rotatable bonds is 2. The smallest absolute Gasteiger partial charge is 0.155 e. The van der Waals surface area contributed by atoms with Crippen LogP contribution in [0, 0.1) is 0 Å². The number of fused-ring (bicyclic) bond motifs is 1. The van der Waals surface area contributed by atoms with Gasteiger partial charge in [-0.2, -0.15) is 5.10 Å². The highest BCUT2D eigenvalue weighted by molar-refractivity contribution is 5.19. The van der Waals surface area contributed by atoms with E-state index in [1.807, 2.05) is 22.9 Å². The minimum Gasteiger partial charge on any atom is -0.326 e. The molecule has 0 aliphatic carbocycles. The molecule has 0 spiro atoms. The molecular formula is C14H18N4. The number of aromatic nitrogens is 3. The lowest BCUT2D eigenvalue weighted by molar-refractivity contribution is 0.338. The van der Waals surface area contributed by atoms with Crippen molar-refractivity contribution in [1.29, 1.82) is 0 Å². The van der Waals surface area contributed by atoms with Crippen LogP contribution in [0.1, 0.15) is 36.6 Å². The van der Waals surface area contributed by atoms with E-state index in [-0.39, 0.29) is 12.1 Å². The maximum absolute atomic E-state index is 6.07. The van der Waals surface area contributed by atoms with Gasteiger partial charge in [-0.1, -0.05) is 30.3 Å². The Morgan fingerprint density at radius 1 is 1.33 bits per heavy atom. The van der Waals surface area contributed by atoms with Gasteiger partial charge in [0.2, 0.25) is 0 Å². The fourth-order valence-electron chi connectivity index (χ4n) is 2.47. The zero-order valence-electron chi connectivity index (χ0n) is 10.6. The summed E-state index contributed by atoms with van der Waals surface area (Å²) < 4.78 is 2.01. The van der Waals surface area contributed by atoms with E-state index in [4.69, 9.17) is 5.73 Å². The van der Waals surface area contributed by atoms with Gasteiger partial charge in [-0.05, 0) is 18.9 Å². The minimum atomic E-state index is 0.198. The van der Waals surface area contributed by atoms with E-state index in [1.165, 1.54) is 5.56 Å². The summed E-state index contributed by atoms with van der Waals surface area (Å²) in [7, 11) is 0. The third-order valence-corrected chi connectivity index (χ3v) is 3.66. The van der Waals surface area contributed by atoms with Crippen LogP contribution < -0.4 is 5.73 Å². The predicted molar refractivity (Wildman–Crippen MR) is 70.3 cm³/mol. The van der Waals surface area contributed by atoms with Crippen molar-refractivity contribution < 1.29 is 0 Å². The molecule has 4 nitrogen and oxygen atoms in total.